The Bertz CT molecular complexity index is 751. The van der Waals surface area contributed by atoms with Crippen molar-refractivity contribution in [2.75, 3.05) is 13.1 Å². The normalized spacial score (nSPS) is 22.1. The van der Waals surface area contributed by atoms with Crippen LogP contribution in [0.25, 0.3) is 11.4 Å². The van der Waals surface area contributed by atoms with Gasteiger partial charge in [0.1, 0.15) is 11.3 Å². The van der Waals surface area contributed by atoms with Crippen molar-refractivity contribution in [1.82, 2.24) is 24.6 Å². The summed E-state index contributed by atoms with van der Waals surface area (Å²) in [7, 11) is 0. The summed E-state index contributed by atoms with van der Waals surface area (Å²) in [4.78, 5) is 7.06. The zero-order valence-corrected chi connectivity index (χ0v) is 15.6. The second-order valence-corrected chi connectivity index (χ2v) is 7.87. The Hall–Kier alpha value is -1.95. The average Bonchev–Trinajstić information content (AvgIpc) is 3.24. The van der Waals surface area contributed by atoms with E-state index in [2.05, 4.69) is 43.7 Å². The first-order valence-electron chi connectivity index (χ1n) is 9.30. The molecule has 25 heavy (non-hydrogen) atoms. The maximum absolute atomic E-state index is 4.53. The molecule has 0 spiro atoms. The van der Waals surface area contributed by atoms with E-state index < -0.39 is 0 Å². The van der Waals surface area contributed by atoms with Crippen LogP contribution in [0, 0.1) is 5.92 Å². The predicted octanol–water partition coefficient (Wildman–Crippen LogP) is 4.27. The Kier molecular flexibility index (Phi) is 4.97. The number of allylic oxidation sites excluding steroid dienone is 2. The molecule has 0 aliphatic carbocycles. The number of likely N-dealkylation sites (tertiary alicyclic amines) is 1. The maximum atomic E-state index is 4.53. The highest BCUT2D eigenvalue weighted by atomic mass is 32.1. The van der Waals surface area contributed by atoms with Crippen LogP contribution in [0.4, 0.5) is 0 Å². The summed E-state index contributed by atoms with van der Waals surface area (Å²) < 4.78 is 2.12. The van der Waals surface area contributed by atoms with Gasteiger partial charge in [0.2, 0.25) is 0 Å². The monoisotopic (exact) mass is 355 g/mol. The van der Waals surface area contributed by atoms with Crippen molar-refractivity contribution < 1.29 is 0 Å². The number of aromatic nitrogens is 4. The molecule has 4 heterocycles. The molecule has 0 saturated carbocycles. The molecule has 0 aromatic carbocycles. The average molecular weight is 356 g/mol. The zero-order chi connectivity index (χ0) is 17.1. The summed E-state index contributed by atoms with van der Waals surface area (Å²) in [5.41, 5.74) is 2.36. The predicted molar refractivity (Wildman–Crippen MR) is 102 cm³/mol. The molecule has 1 unspecified atom stereocenters. The highest BCUT2D eigenvalue weighted by molar-refractivity contribution is 7.10. The summed E-state index contributed by atoms with van der Waals surface area (Å²) >= 11 is 1.67. The van der Waals surface area contributed by atoms with Crippen molar-refractivity contribution in [3.63, 3.8) is 0 Å². The zero-order valence-electron chi connectivity index (χ0n) is 14.8. The number of nitrogens with zero attached hydrogens (tertiary/aromatic N) is 5. The fourth-order valence-electron chi connectivity index (χ4n) is 3.68. The Labute approximate surface area is 153 Å². The van der Waals surface area contributed by atoms with E-state index in [1.165, 1.54) is 37.8 Å². The lowest BCUT2D eigenvalue weighted by Crippen LogP contribution is -2.28. The molecule has 0 N–H and O–H groups in total. The van der Waals surface area contributed by atoms with Crippen LogP contribution < -0.4 is 0 Å². The molecule has 5 nitrogen and oxygen atoms in total. The van der Waals surface area contributed by atoms with E-state index >= 15 is 0 Å². The van der Waals surface area contributed by atoms with Crippen LogP contribution in [0.1, 0.15) is 56.3 Å². The minimum Gasteiger partial charge on any atom is -0.369 e. The van der Waals surface area contributed by atoms with Crippen LogP contribution in [-0.4, -0.2) is 37.7 Å². The molecule has 2 aromatic heterocycles. The minimum absolute atomic E-state index is 0.458. The van der Waals surface area contributed by atoms with Crippen LogP contribution in [0.2, 0.25) is 0 Å². The van der Waals surface area contributed by atoms with Gasteiger partial charge in [-0.05, 0) is 25.2 Å². The molecular formula is C19H25N5S. The van der Waals surface area contributed by atoms with Crippen LogP contribution in [0.3, 0.4) is 0 Å². The summed E-state index contributed by atoms with van der Waals surface area (Å²) in [6.45, 7) is 4.50. The largest absolute Gasteiger partial charge is 0.369 e. The van der Waals surface area contributed by atoms with Crippen molar-refractivity contribution in [2.45, 2.75) is 45.4 Å². The van der Waals surface area contributed by atoms with Crippen LogP contribution >= 0.6 is 11.3 Å². The van der Waals surface area contributed by atoms with Gasteiger partial charge in [0.25, 0.3) is 0 Å². The highest BCUT2D eigenvalue weighted by Crippen LogP contribution is 2.31. The molecule has 2 aromatic rings. The highest BCUT2D eigenvalue weighted by Gasteiger charge is 2.23. The molecule has 2 aliphatic rings. The van der Waals surface area contributed by atoms with E-state index in [0.717, 1.165) is 36.0 Å². The Morgan fingerprint density at radius 2 is 1.88 bits per heavy atom. The molecule has 0 bridgehead atoms. The Morgan fingerprint density at radius 3 is 2.64 bits per heavy atom. The third-order valence-corrected chi connectivity index (χ3v) is 5.81. The molecule has 6 heteroatoms. The summed E-state index contributed by atoms with van der Waals surface area (Å²) in [6, 6.07) is 0. The van der Waals surface area contributed by atoms with Gasteiger partial charge in [0.15, 0.2) is 5.82 Å². The summed E-state index contributed by atoms with van der Waals surface area (Å²) in [5.74, 6) is 1.41. The van der Waals surface area contributed by atoms with E-state index in [-0.39, 0.29) is 0 Å². The molecule has 2 aliphatic heterocycles. The third kappa shape index (κ3) is 3.54. The smallest absolute Gasteiger partial charge is 0.184 e. The standard InChI is InChI=1S/C19H25N5S/c1-15-7-8-16(23-10-5-3-2-4-6-11-23)18-22-21-14-24(18)17(13-15)19-20-9-12-25-19/h8-9,12-15H,2-7,10-11H2,1H3. The third-order valence-electron chi connectivity index (χ3n) is 5.01. The first-order chi connectivity index (χ1) is 12.3. The van der Waals surface area contributed by atoms with E-state index in [1.54, 1.807) is 11.3 Å². The van der Waals surface area contributed by atoms with Crippen molar-refractivity contribution in [1.29, 1.82) is 0 Å². The van der Waals surface area contributed by atoms with Crippen molar-refractivity contribution in [3.8, 4) is 0 Å². The van der Waals surface area contributed by atoms with Gasteiger partial charge >= 0.3 is 0 Å². The number of hydrogen-bond donors (Lipinski definition) is 0. The molecule has 1 fully saturated rings. The lowest BCUT2D eigenvalue weighted by atomic mass is 10.0. The van der Waals surface area contributed by atoms with Crippen LogP contribution in [0.5, 0.6) is 0 Å². The van der Waals surface area contributed by atoms with Crippen LogP contribution in [0.15, 0.2) is 30.1 Å². The Balaban J connectivity index is 1.74. The molecule has 1 saturated heterocycles. The maximum Gasteiger partial charge on any atom is 0.184 e. The fourth-order valence-corrected chi connectivity index (χ4v) is 4.34. The van der Waals surface area contributed by atoms with Gasteiger partial charge < -0.3 is 4.90 Å². The second-order valence-electron chi connectivity index (χ2n) is 6.97. The Morgan fingerprint density at radius 1 is 1.08 bits per heavy atom. The van der Waals surface area contributed by atoms with Crippen molar-refractivity contribution >= 4 is 22.7 Å². The van der Waals surface area contributed by atoms with Gasteiger partial charge in [-0.15, -0.1) is 21.5 Å². The van der Waals surface area contributed by atoms with E-state index in [4.69, 9.17) is 0 Å². The molecule has 0 radical (unpaired) electrons. The van der Waals surface area contributed by atoms with E-state index in [9.17, 15) is 0 Å². The van der Waals surface area contributed by atoms with E-state index in [1.807, 2.05) is 17.9 Å². The topological polar surface area (TPSA) is 46.8 Å². The van der Waals surface area contributed by atoms with Crippen molar-refractivity contribution in [2.24, 2.45) is 5.92 Å². The summed E-state index contributed by atoms with van der Waals surface area (Å²) in [6.07, 6.45) is 15.9. The quantitative estimate of drug-likeness (QED) is 0.807. The number of rotatable bonds is 2. The van der Waals surface area contributed by atoms with Gasteiger partial charge in [-0.25, -0.2) is 4.98 Å². The molecular weight excluding hydrogens is 330 g/mol. The molecule has 132 valence electrons. The number of hydrogen-bond acceptors (Lipinski definition) is 5. The fraction of sp³-hybridized carbons (Fsp3) is 0.526. The minimum atomic E-state index is 0.458. The lowest BCUT2D eigenvalue weighted by Gasteiger charge is -2.30. The van der Waals surface area contributed by atoms with Gasteiger partial charge in [-0.2, -0.15) is 0 Å². The number of thiazole rings is 1. The van der Waals surface area contributed by atoms with Gasteiger partial charge in [-0.3, -0.25) is 4.57 Å². The SMILES string of the molecule is CC1C=C(c2nccs2)n2cnnc2C(N2CCCCCCC2)=CC1. The first kappa shape index (κ1) is 16.5. The van der Waals surface area contributed by atoms with Crippen LogP contribution in [-0.2, 0) is 0 Å². The number of fused-ring (bicyclic) bond motifs is 1. The van der Waals surface area contributed by atoms with Crippen molar-refractivity contribution in [3.05, 3.63) is 40.9 Å². The van der Waals surface area contributed by atoms with Gasteiger partial charge in [0.05, 0.1) is 11.4 Å². The van der Waals surface area contributed by atoms with Gasteiger partial charge in [0, 0.05) is 24.7 Å². The van der Waals surface area contributed by atoms with E-state index in [0.29, 0.717) is 5.92 Å². The summed E-state index contributed by atoms with van der Waals surface area (Å²) in [5, 5.41) is 11.8. The molecule has 0 amide bonds. The lowest BCUT2D eigenvalue weighted by molar-refractivity contribution is 0.342. The molecule has 4 rings (SSSR count). The second kappa shape index (κ2) is 7.52. The molecule has 1 atom stereocenters. The first-order valence-corrected chi connectivity index (χ1v) is 10.2. The van der Waals surface area contributed by atoms with Gasteiger partial charge in [-0.1, -0.05) is 38.3 Å².